The molecule has 1 aromatic carbocycles. The number of hydrogen-bond acceptors (Lipinski definition) is 8. The molecule has 1 aliphatic carbocycles. The van der Waals surface area contributed by atoms with E-state index in [0.29, 0.717) is 44.9 Å². The van der Waals surface area contributed by atoms with Crippen LogP contribution in [0.4, 0.5) is 4.39 Å². The molecule has 0 amide bonds. The number of benzene rings is 1. The van der Waals surface area contributed by atoms with Crippen molar-refractivity contribution in [2.45, 2.75) is 38.6 Å². The zero-order valence-electron chi connectivity index (χ0n) is 24.8. The number of aryl methyl sites for hydroxylation is 1. The second-order valence-electron chi connectivity index (χ2n) is 11.9. The van der Waals surface area contributed by atoms with Crippen LogP contribution in [0.5, 0.6) is 0 Å². The number of H-pyrrole nitrogens is 2. The summed E-state index contributed by atoms with van der Waals surface area (Å²) in [7, 11) is -3.19. The van der Waals surface area contributed by atoms with Crippen molar-refractivity contribution in [2.24, 2.45) is 5.92 Å². The van der Waals surface area contributed by atoms with E-state index in [1.165, 1.54) is 44.1 Å². The highest BCUT2D eigenvalue weighted by molar-refractivity contribution is 7.90. The second-order valence-corrected chi connectivity index (χ2v) is 14.2. The molecule has 1 fully saturated rings. The minimum absolute atomic E-state index is 0.0705. The van der Waals surface area contributed by atoms with Crippen LogP contribution >= 0.6 is 0 Å². The van der Waals surface area contributed by atoms with Gasteiger partial charge in [0.25, 0.3) is 0 Å². The third-order valence-corrected chi connectivity index (χ3v) is 9.30. The molecule has 1 saturated carbocycles. The summed E-state index contributed by atoms with van der Waals surface area (Å²) in [6.45, 7) is 1.79. The summed E-state index contributed by atoms with van der Waals surface area (Å²) in [5, 5.41) is 11.2. The Labute approximate surface area is 259 Å². The lowest BCUT2D eigenvalue weighted by molar-refractivity contribution is 0.489. The van der Waals surface area contributed by atoms with Gasteiger partial charge in [-0.05, 0) is 85.3 Å². The zero-order valence-corrected chi connectivity index (χ0v) is 25.7. The minimum Gasteiger partial charge on any atom is -0.336 e. The Morgan fingerprint density at radius 2 is 1.76 bits per heavy atom. The van der Waals surface area contributed by atoms with Gasteiger partial charge >= 0.3 is 0 Å². The summed E-state index contributed by atoms with van der Waals surface area (Å²) >= 11 is 0. The van der Waals surface area contributed by atoms with Gasteiger partial charge < -0.3 is 10.3 Å². The van der Waals surface area contributed by atoms with E-state index in [2.05, 4.69) is 36.5 Å². The molecule has 0 unspecified atom stereocenters. The number of hydrogen-bond donors (Lipinski definition) is 3. The van der Waals surface area contributed by atoms with Gasteiger partial charge in [-0.2, -0.15) is 5.10 Å². The first-order valence-corrected chi connectivity index (χ1v) is 17.2. The monoisotopic (exact) mass is 624 g/mol. The number of sulfone groups is 1. The highest BCUT2D eigenvalue weighted by Gasteiger charge is 2.19. The van der Waals surface area contributed by atoms with E-state index in [0.717, 1.165) is 41.3 Å². The SMILES string of the molecule is CS(=O)(=O)CCc1cc(F)cc(-c2nccc3[nH]c(-c4n[nH]c5ccc(-c6cncc(CNCC7CCCC7)c6)nc45)nc23)c1. The Morgan fingerprint density at radius 1 is 0.933 bits per heavy atom. The number of imidazole rings is 1. The van der Waals surface area contributed by atoms with Crippen molar-refractivity contribution in [3.05, 3.63) is 78.0 Å². The van der Waals surface area contributed by atoms with Gasteiger partial charge in [-0.15, -0.1) is 0 Å². The van der Waals surface area contributed by atoms with Gasteiger partial charge in [-0.3, -0.25) is 15.1 Å². The number of rotatable bonds is 10. The van der Waals surface area contributed by atoms with E-state index in [1.807, 2.05) is 24.5 Å². The van der Waals surface area contributed by atoms with Gasteiger partial charge in [0, 0.05) is 42.5 Å². The normalized spacial score (nSPS) is 14.2. The van der Waals surface area contributed by atoms with E-state index >= 15 is 0 Å². The maximum Gasteiger partial charge on any atom is 0.161 e. The van der Waals surface area contributed by atoms with Crippen molar-refractivity contribution < 1.29 is 12.8 Å². The highest BCUT2D eigenvalue weighted by atomic mass is 32.2. The fourth-order valence-corrected chi connectivity index (χ4v) is 6.68. The average molecular weight is 625 g/mol. The first-order chi connectivity index (χ1) is 21.8. The van der Waals surface area contributed by atoms with Gasteiger partial charge in [0.15, 0.2) is 11.5 Å². The molecule has 0 spiro atoms. The molecule has 5 heterocycles. The summed E-state index contributed by atoms with van der Waals surface area (Å²) in [6.07, 6.45) is 12.0. The third-order valence-electron chi connectivity index (χ3n) is 8.35. The maximum atomic E-state index is 14.6. The van der Waals surface area contributed by atoms with Crippen molar-refractivity contribution in [3.63, 3.8) is 0 Å². The third kappa shape index (κ3) is 6.47. The van der Waals surface area contributed by atoms with E-state index < -0.39 is 15.7 Å². The van der Waals surface area contributed by atoms with Gasteiger partial charge in [-0.1, -0.05) is 12.8 Å². The molecule has 0 radical (unpaired) electrons. The van der Waals surface area contributed by atoms with Crippen LogP contribution in [0.3, 0.4) is 0 Å². The Balaban J connectivity index is 1.19. The van der Waals surface area contributed by atoms with Gasteiger partial charge in [0.1, 0.15) is 26.7 Å². The molecule has 5 aromatic heterocycles. The predicted octanol–water partition coefficient (Wildman–Crippen LogP) is 5.63. The Hall–Kier alpha value is -4.55. The van der Waals surface area contributed by atoms with E-state index in [1.54, 1.807) is 18.3 Å². The van der Waals surface area contributed by atoms with Crippen LogP contribution in [0.15, 0.2) is 61.1 Å². The first kappa shape index (κ1) is 29.2. The van der Waals surface area contributed by atoms with Crippen LogP contribution in [-0.2, 0) is 22.8 Å². The van der Waals surface area contributed by atoms with Crippen LogP contribution in [0.2, 0.25) is 0 Å². The maximum absolute atomic E-state index is 14.6. The molecule has 12 heteroatoms. The van der Waals surface area contributed by atoms with Crippen LogP contribution in [-0.4, -0.2) is 62.1 Å². The lowest BCUT2D eigenvalue weighted by atomic mass is 10.0. The fraction of sp³-hybridized carbons (Fsp3) is 0.303. The molecule has 0 saturated heterocycles. The van der Waals surface area contributed by atoms with E-state index in [4.69, 9.17) is 9.97 Å². The molecule has 7 rings (SSSR count). The molecular weight excluding hydrogens is 591 g/mol. The predicted molar refractivity (Wildman–Crippen MR) is 172 cm³/mol. The first-order valence-electron chi connectivity index (χ1n) is 15.1. The van der Waals surface area contributed by atoms with Gasteiger partial charge in [-0.25, -0.2) is 22.8 Å². The quantitative estimate of drug-likeness (QED) is 0.178. The Bertz CT molecular complexity index is 2120. The Morgan fingerprint density at radius 3 is 2.60 bits per heavy atom. The molecule has 0 aliphatic heterocycles. The summed E-state index contributed by atoms with van der Waals surface area (Å²) in [4.78, 5) is 22.1. The largest absolute Gasteiger partial charge is 0.336 e. The van der Waals surface area contributed by atoms with Crippen LogP contribution in [0.25, 0.3) is 56.1 Å². The number of aromatic nitrogens is 7. The smallest absolute Gasteiger partial charge is 0.161 e. The number of pyridine rings is 3. The lowest BCUT2D eigenvalue weighted by Crippen LogP contribution is -2.20. The van der Waals surface area contributed by atoms with Crippen LogP contribution in [0.1, 0.15) is 36.8 Å². The highest BCUT2D eigenvalue weighted by Crippen LogP contribution is 2.32. The van der Waals surface area contributed by atoms with Gasteiger partial charge in [0.2, 0.25) is 0 Å². The number of aromatic amines is 2. The summed E-state index contributed by atoms with van der Waals surface area (Å²) in [5.41, 5.74) is 7.56. The lowest BCUT2D eigenvalue weighted by Gasteiger charge is -2.11. The van der Waals surface area contributed by atoms with Crippen molar-refractivity contribution >= 4 is 31.9 Å². The van der Waals surface area contributed by atoms with Gasteiger partial charge in [0.05, 0.1) is 28.2 Å². The zero-order chi connectivity index (χ0) is 31.0. The van der Waals surface area contributed by atoms with E-state index in [-0.39, 0.29) is 12.2 Å². The molecule has 1 aliphatic rings. The molecule has 10 nitrogen and oxygen atoms in total. The average Bonchev–Trinajstić information content (AvgIpc) is 3.79. The fourth-order valence-electron chi connectivity index (χ4n) is 6.08. The number of fused-ring (bicyclic) bond motifs is 2. The molecular formula is C33H33FN8O2S. The van der Waals surface area contributed by atoms with E-state index in [9.17, 15) is 12.8 Å². The number of nitrogens with one attached hydrogen (secondary N) is 3. The number of halogens is 1. The number of nitrogens with zero attached hydrogens (tertiary/aromatic N) is 5. The molecule has 0 atom stereocenters. The second kappa shape index (κ2) is 12.1. The van der Waals surface area contributed by atoms with Crippen molar-refractivity contribution in [3.8, 4) is 34.0 Å². The van der Waals surface area contributed by atoms with Crippen LogP contribution < -0.4 is 5.32 Å². The van der Waals surface area contributed by atoms with Crippen LogP contribution in [0, 0.1) is 11.7 Å². The van der Waals surface area contributed by atoms with Crippen molar-refractivity contribution in [1.29, 1.82) is 0 Å². The molecule has 230 valence electrons. The standard InChI is InChI=1S/C33H33FN8O2S/c1-45(43,44)11-9-21-12-23(15-25(34)14-21)29-30-27(8-10-37-29)39-33(40-30)32-31-28(41-42-32)7-6-26(38-31)24-13-22(18-36-19-24)17-35-16-20-4-2-3-5-20/h6-8,10,12-15,18-20,35H,2-5,9,11,16-17H2,1H3,(H,39,40)(H,41,42). The summed E-state index contributed by atoms with van der Waals surface area (Å²) < 4.78 is 38.0. The summed E-state index contributed by atoms with van der Waals surface area (Å²) in [5.74, 6) is 0.725. The molecule has 45 heavy (non-hydrogen) atoms. The Kier molecular flexibility index (Phi) is 7.84. The molecule has 6 aromatic rings. The minimum atomic E-state index is -3.19. The topological polar surface area (TPSA) is 142 Å². The summed E-state index contributed by atoms with van der Waals surface area (Å²) in [6, 6.07) is 12.3. The molecule has 0 bridgehead atoms. The molecule has 3 N–H and O–H groups in total. The van der Waals surface area contributed by atoms with Crippen molar-refractivity contribution in [2.75, 3.05) is 18.6 Å². The van der Waals surface area contributed by atoms with Crippen molar-refractivity contribution in [1.82, 2.24) is 40.4 Å².